The number of thioether (sulfide) groups is 1. The number of carbonyl (C=O) groups excluding carboxylic acids is 5. The van der Waals surface area contributed by atoms with Crippen LogP contribution in [0.15, 0.2) is 65.6 Å². The molecule has 0 aliphatic carbocycles. The molecule has 49 heavy (non-hydrogen) atoms. The van der Waals surface area contributed by atoms with Crippen molar-refractivity contribution in [1.29, 1.82) is 0 Å². The Bertz CT molecular complexity index is 2040. The highest BCUT2D eigenvalue weighted by Gasteiger charge is 2.37. The molecular weight excluding hydrogens is 672 g/mol. The summed E-state index contributed by atoms with van der Waals surface area (Å²) >= 11 is 6.90. The number of nitrogens with one attached hydrogen (secondary N) is 2. The van der Waals surface area contributed by atoms with Gasteiger partial charge >= 0.3 is 5.97 Å². The third kappa shape index (κ3) is 7.27. The molecule has 0 unspecified atom stereocenters. The van der Waals surface area contributed by atoms with Gasteiger partial charge in [0.1, 0.15) is 13.1 Å². The van der Waals surface area contributed by atoms with E-state index < -0.39 is 29.6 Å². The van der Waals surface area contributed by atoms with Gasteiger partial charge in [0.2, 0.25) is 18.6 Å². The van der Waals surface area contributed by atoms with Crippen LogP contribution in [0.1, 0.15) is 41.4 Å². The molecule has 14 heteroatoms. The van der Waals surface area contributed by atoms with Crippen molar-refractivity contribution in [3.05, 3.63) is 87.4 Å². The molecule has 0 spiro atoms. The van der Waals surface area contributed by atoms with Gasteiger partial charge in [-0.1, -0.05) is 43.1 Å². The fourth-order valence-corrected chi connectivity index (χ4v) is 6.43. The minimum atomic E-state index is -0.641. The number of hydrogen-bond donors (Lipinski definition) is 2. The van der Waals surface area contributed by atoms with Gasteiger partial charge in [0.25, 0.3) is 11.1 Å². The summed E-state index contributed by atoms with van der Waals surface area (Å²) in [6.07, 6.45) is 3.17. The number of ether oxygens (including phenoxy) is 3. The van der Waals surface area contributed by atoms with Crippen molar-refractivity contribution in [1.82, 2.24) is 9.47 Å². The second kappa shape index (κ2) is 14.5. The van der Waals surface area contributed by atoms with Gasteiger partial charge in [-0.3, -0.25) is 24.1 Å². The molecule has 6 rings (SSSR count). The largest absolute Gasteiger partial charge is 0.462 e. The number of anilines is 2. The van der Waals surface area contributed by atoms with Crippen LogP contribution < -0.4 is 20.1 Å². The number of para-hydroxylation sites is 1. The lowest BCUT2D eigenvalue weighted by Gasteiger charge is -2.13. The van der Waals surface area contributed by atoms with Crippen molar-refractivity contribution in [2.24, 2.45) is 0 Å². The Hall–Kier alpha value is -5.27. The quantitative estimate of drug-likeness (QED) is 0.100. The highest BCUT2D eigenvalue weighted by molar-refractivity contribution is 8.18. The predicted octanol–water partition coefficient (Wildman–Crippen LogP) is 6.60. The minimum Gasteiger partial charge on any atom is -0.462 e. The van der Waals surface area contributed by atoms with Crippen LogP contribution in [0.5, 0.6) is 11.5 Å². The van der Waals surface area contributed by atoms with Crippen LogP contribution in [-0.4, -0.2) is 58.3 Å². The number of aromatic nitrogens is 1. The molecule has 1 fully saturated rings. The van der Waals surface area contributed by atoms with E-state index in [1.54, 1.807) is 24.3 Å². The molecule has 4 aromatic rings. The van der Waals surface area contributed by atoms with E-state index >= 15 is 0 Å². The van der Waals surface area contributed by atoms with Gasteiger partial charge in [0, 0.05) is 39.6 Å². The summed E-state index contributed by atoms with van der Waals surface area (Å²) in [4.78, 5) is 65.8. The molecular formula is C35H31ClN4O8S. The molecule has 252 valence electrons. The standard InChI is InChI=1S/C35H31ClN4O8S/c1-3-4-13-46-34(44)25-14-21(9-11-26(25)36)37-32(42)18-40-33(43)30(49-35(40)45)16-24-20(2)39(27-8-6-5-7-23(24)27)17-31(41)38-22-10-12-28-29(15-22)48-19-47-28/h5-12,14-16H,3-4,13,17-19H2,1-2H3,(H,37,42)(H,38,41)/b30-16-. The van der Waals surface area contributed by atoms with Gasteiger partial charge in [0.05, 0.1) is 22.1 Å². The molecule has 0 saturated carbocycles. The Morgan fingerprint density at radius 2 is 1.67 bits per heavy atom. The number of esters is 1. The monoisotopic (exact) mass is 702 g/mol. The Kier molecular flexibility index (Phi) is 9.92. The Morgan fingerprint density at radius 3 is 2.47 bits per heavy atom. The number of amides is 4. The van der Waals surface area contributed by atoms with Crippen molar-refractivity contribution in [3.63, 3.8) is 0 Å². The molecule has 12 nitrogen and oxygen atoms in total. The van der Waals surface area contributed by atoms with Gasteiger partial charge in [-0.05, 0) is 67.6 Å². The fourth-order valence-electron chi connectivity index (χ4n) is 5.42. The maximum atomic E-state index is 13.4. The number of fused-ring (bicyclic) bond motifs is 2. The summed E-state index contributed by atoms with van der Waals surface area (Å²) in [5.41, 5.74) is 3.04. The van der Waals surface area contributed by atoms with Gasteiger partial charge in [-0.2, -0.15) is 0 Å². The smallest absolute Gasteiger partial charge is 0.339 e. The zero-order valence-corrected chi connectivity index (χ0v) is 28.1. The van der Waals surface area contributed by atoms with Gasteiger partial charge in [0.15, 0.2) is 11.5 Å². The number of rotatable bonds is 11. The van der Waals surface area contributed by atoms with E-state index in [-0.39, 0.29) is 47.0 Å². The zero-order chi connectivity index (χ0) is 34.7. The minimum absolute atomic E-state index is 0.0147. The van der Waals surface area contributed by atoms with Crippen LogP contribution in [-0.2, 0) is 25.7 Å². The molecule has 2 aliphatic heterocycles. The molecule has 1 saturated heterocycles. The normalized spacial score (nSPS) is 14.5. The van der Waals surface area contributed by atoms with Crippen LogP contribution in [0.3, 0.4) is 0 Å². The third-order valence-corrected chi connectivity index (χ3v) is 9.13. The van der Waals surface area contributed by atoms with Crippen LogP contribution in [0.25, 0.3) is 17.0 Å². The Morgan fingerprint density at radius 1 is 0.959 bits per heavy atom. The van der Waals surface area contributed by atoms with Crippen molar-refractivity contribution in [2.75, 3.05) is 30.6 Å². The third-order valence-electron chi connectivity index (χ3n) is 7.89. The van der Waals surface area contributed by atoms with Gasteiger partial charge in [-0.25, -0.2) is 4.79 Å². The number of nitrogens with zero attached hydrogens (tertiary/aromatic N) is 2. The maximum absolute atomic E-state index is 13.4. The lowest BCUT2D eigenvalue weighted by molar-refractivity contribution is -0.127. The lowest BCUT2D eigenvalue weighted by Crippen LogP contribution is -2.36. The lowest BCUT2D eigenvalue weighted by atomic mass is 10.1. The summed E-state index contributed by atoms with van der Waals surface area (Å²) in [5, 5.41) is 5.84. The van der Waals surface area contributed by atoms with Crippen LogP contribution in [0, 0.1) is 6.92 Å². The first-order valence-electron chi connectivity index (χ1n) is 15.4. The second-order valence-electron chi connectivity index (χ2n) is 11.2. The average Bonchev–Trinajstić information content (AvgIpc) is 3.73. The highest BCUT2D eigenvalue weighted by atomic mass is 35.5. The number of hydrogen-bond acceptors (Lipinski definition) is 9. The summed E-state index contributed by atoms with van der Waals surface area (Å²) < 4.78 is 17.8. The first kappa shape index (κ1) is 33.6. The molecule has 3 aromatic carbocycles. The van der Waals surface area contributed by atoms with Crippen molar-refractivity contribution >= 4 is 80.6 Å². The SMILES string of the molecule is CCCCOC(=O)c1cc(NC(=O)CN2C(=O)S/C(=C\c3c(C)n(CC(=O)Nc4ccc5c(c4)OCO5)c4ccccc34)C2=O)ccc1Cl. The molecule has 0 bridgehead atoms. The van der Waals surface area contributed by atoms with Gasteiger partial charge < -0.3 is 29.4 Å². The van der Waals surface area contributed by atoms with E-state index in [1.165, 1.54) is 18.2 Å². The summed E-state index contributed by atoms with van der Waals surface area (Å²) in [5.74, 6) is -1.00. The van der Waals surface area contributed by atoms with Crippen LogP contribution in [0.2, 0.25) is 5.02 Å². The summed E-state index contributed by atoms with van der Waals surface area (Å²) in [7, 11) is 0. The average molecular weight is 703 g/mol. The van der Waals surface area contributed by atoms with Crippen molar-refractivity contribution in [2.45, 2.75) is 33.2 Å². The highest BCUT2D eigenvalue weighted by Crippen LogP contribution is 2.36. The zero-order valence-electron chi connectivity index (χ0n) is 26.5. The molecule has 2 aliphatic rings. The van der Waals surface area contributed by atoms with Crippen molar-refractivity contribution < 1.29 is 38.2 Å². The predicted molar refractivity (Wildman–Crippen MR) is 186 cm³/mol. The van der Waals surface area contributed by atoms with Crippen LogP contribution in [0.4, 0.5) is 16.2 Å². The first-order valence-corrected chi connectivity index (χ1v) is 16.6. The van der Waals surface area contributed by atoms with Gasteiger partial charge in [-0.15, -0.1) is 0 Å². The molecule has 3 heterocycles. The Balaban J connectivity index is 1.16. The number of halogens is 1. The number of unbranched alkanes of at least 4 members (excludes halogenated alkanes) is 1. The molecule has 0 atom stereocenters. The number of benzene rings is 3. The molecule has 1 aromatic heterocycles. The summed E-state index contributed by atoms with van der Waals surface area (Å²) in [6, 6.07) is 16.9. The summed E-state index contributed by atoms with van der Waals surface area (Å²) in [6.45, 7) is 3.61. The van der Waals surface area contributed by atoms with E-state index in [2.05, 4.69) is 10.6 Å². The first-order chi connectivity index (χ1) is 23.6. The Labute approximate surface area is 290 Å². The number of carbonyl (C=O) groups is 5. The number of imide groups is 1. The maximum Gasteiger partial charge on any atom is 0.339 e. The fraction of sp³-hybridized carbons (Fsp3) is 0.229. The molecule has 0 radical (unpaired) electrons. The molecule has 2 N–H and O–H groups in total. The van der Waals surface area contributed by atoms with E-state index in [4.69, 9.17) is 25.8 Å². The van der Waals surface area contributed by atoms with E-state index in [0.717, 1.165) is 34.0 Å². The van der Waals surface area contributed by atoms with E-state index in [9.17, 15) is 24.0 Å². The second-order valence-corrected chi connectivity index (χ2v) is 12.6. The van der Waals surface area contributed by atoms with E-state index in [0.29, 0.717) is 34.9 Å². The molecule has 4 amide bonds. The topological polar surface area (TPSA) is 145 Å². The van der Waals surface area contributed by atoms with Crippen LogP contribution >= 0.6 is 23.4 Å². The van der Waals surface area contributed by atoms with E-state index in [1.807, 2.05) is 42.7 Å². The van der Waals surface area contributed by atoms with Crippen molar-refractivity contribution in [3.8, 4) is 11.5 Å².